The molecule has 0 heterocycles. The van der Waals surface area contributed by atoms with Crippen molar-refractivity contribution in [1.29, 1.82) is 0 Å². The fraction of sp³-hybridized carbons (Fsp3) is 0.364. The van der Waals surface area contributed by atoms with Gasteiger partial charge in [0.1, 0.15) is 5.75 Å². The number of para-hydroxylation sites is 2. The van der Waals surface area contributed by atoms with E-state index < -0.39 is 6.03 Å². The molecule has 0 fully saturated rings. The first-order valence-electron chi connectivity index (χ1n) is 9.66. The Morgan fingerprint density at radius 3 is 2.59 bits per heavy atom. The molecule has 156 valence electrons. The van der Waals surface area contributed by atoms with E-state index in [1.54, 1.807) is 13.2 Å². The third kappa shape index (κ3) is 6.71. The molecule has 7 heteroatoms. The normalized spacial score (nSPS) is 11.8. The smallest absolute Gasteiger partial charge is 0.332 e. The summed E-state index contributed by atoms with van der Waals surface area (Å²) in [6.45, 7) is 5.34. The highest BCUT2D eigenvalue weighted by molar-refractivity contribution is 5.86. The van der Waals surface area contributed by atoms with E-state index in [0.29, 0.717) is 42.6 Å². The molecule has 0 spiro atoms. The number of nitrogens with zero attached hydrogens (tertiary/aromatic N) is 1. The monoisotopic (exact) mass is 399 g/mol. The number of amides is 2. The molecule has 0 aliphatic heterocycles. The van der Waals surface area contributed by atoms with Gasteiger partial charge in [-0.15, -0.1) is 0 Å². The van der Waals surface area contributed by atoms with Gasteiger partial charge in [-0.05, 0) is 36.1 Å². The highest BCUT2D eigenvalue weighted by Crippen LogP contribution is 2.31. The number of methoxy groups -OCH3 is 1. The Balaban J connectivity index is 1.94. The summed E-state index contributed by atoms with van der Waals surface area (Å²) < 4.78 is 17.3. The van der Waals surface area contributed by atoms with Crippen LogP contribution in [0.4, 0.5) is 4.79 Å². The number of hydrogen-bond acceptors (Lipinski definition) is 5. The van der Waals surface area contributed by atoms with Gasteiger partial charge in [-0.3, -0.25) is 0 Å². The van der Waals surface area contributed by atoms with Crippen LogP contribution in [0, 0.1) is 0 Å². The summed E-state index contributed by atoms with van der Waals surface area (Å²) in [5.41, 5.74) is 9.07. The van der Waals surface area contributed by atoms with E-state index in [1.807, 2.05) is 30.3 Å². The standard InChI is InChI=1S/C22H29N3O4/c1-4-16(2)18-10-5-6-11-19(18)28-13-8-14-29-21-17(15-24-25-22(23)26)9-7-12-20(21)27-3/h5-7,9-12,15-16H,4,8,13-14H2,1-3H3,(H3,23,25,26)/b24-15-/t16-/m1/s1. The zero-order chi connectivity index (χ0) is 21.1. The molecule has 1 atom stereocenters. The molecule has 0 aliphatic rings. The molecule has 29 heavy (non-hydrogen) atoms. The van der Waals surface area contributed by atoms with E-state index in [2.05, 4.69) is 30.4 Å². The van der Waals surface area contributed by atoms with E-state index in [0.717, 1.165) is 12.2 Å². The van der Waals surface area contributed by atoms with Gasteiger partial charge in [0, 0.05) is 12.0 Å². The van der Waals surface area contributed by atoms with Gasteiger partial charge in [0.15, 0.2) is 11.5 Å². The van der Waals surface area contributed by atoms with Gasteiger partial charge in [0.25, 0.3) is 0 Å². The van der Waals surface area contributed by atoms with Crippen LogP contribution in [0.15, 0.2) is 47.6 Å². The van der Waals surface area contributed by atoms with Crippen LogP contribution < -0.4 is 25.4 Å². The molecular formula is C22H29N3O4. The Labute approximate surface area is 171 Å². The zero-order valence-electron chi connectivity index (χ0n) is 17.2. The second-order valence-electron chi connectivity index (χ2n) is 6.51. The average Bonchev–Trinajstić information content (AvgIpc) is 2.73. The van der Waals surface area contributed by atoms with Crippen LogP contribution in [-0.4, -0.2) is 32.6 Å². The molecular weight excluding hydrogens is 370 g/mol. The number of urea groups is 1. The molecule has 2 aromatic rings. The first kappa shape index (κ1) is 22.1. The van der Waals surface area contributed by atoms with Crippen molar-refractivity contribution in [2.45, 2.75) is 32.6 Å². The molecule has 2 aromatic carbocycles. The van der Waals surface area contributed by atoms with E-state index in [1.165, 1.54) is 11.8 Å². The van der Waals surface area contributed by atoms with Crippen molar-refractivity contribution < 1.29 is 19.0 Å². The number of rotatable bonds is 11. The molecule has 0 saturated carbocycles. The molecule has 3 N–H and O–H groups in total. The zero-order valence-corrected chi connectivity index (χ0v) is 17.2. The summed E-state index contributed by atoms with van der Waals surface area (Å²) in [5, 5.41) is 3.79. The number of ether oxygens (including phenoxy) is 3. The van der Waals surface area contributed by atoms with E-state index in [4.69, 9.17) is 19.9 Å². The van der Waals surface area contributed by atoms with Crippen LogP contribution in [0.1, 0.15) is 43.7 Å². The van der Waals surface area contributed by atoms with Crippen molar-refractivity contribution in [2.24, 2.45) is 10.8 Å². The van der Waals surface area contributed by atoms with Crippen LogP contribution in [-0.2, 0) is 0 Å². The Bertz CT molecular complexity index is 823. The maximum atomic E-state index is 10.8. The van der Waals surface area contributed by atoms with Crippen LogP contribution in [0.25, 0.3) is 0 Å². The molecule has 0 saturated heterocycles. The number of nitrogens with one attached hydrogen (secondary N) is 1. The first-order chi connectivity index (χ1) is 14.1. The van der Waals surface area contributed by atoms with Crippen molar-refractivity contribution in [3.63, 3.8) is 0 Å². The number of benzene rings is 2. The summed E-state index contributed by atoms with van der Waals surface area (Å²) in [6.07, 6.45) is 3.22. The summed E-state index contributed by atoms with van der Waals surface area (Å²) in [5.74, 6) is 2.50. The lowest BCUT2D eigenvalue weighted by Crippen LogP contribution is -2.24. The summed E-state index contributed by atoms with van der Waals surface area (Å²) in [7, 11) is 1.57. The van der Waals surface area contributed by atoms with Gasteiger partial charge in [-0.2, -0.15) is 5.10 Å². The molecule has 7 nitrogen and oxygen atoms in total. The van der Waals surface area contributed by atoms with E-state index in [-0.39, 0.29) is 0 Å². The van der Waals surface area contributed by atoms with Crippen LogP contribution in [0.3, 0.4) is 0 Å². The van der Waals surface area contributed by atoms with Crippen molar-refractivity contribution in [3.05, 3.63) is 53.6 Å². The lowest BCUT2D eigenvalue weighted by atomic mass is 9.98. The number of primary amides is 1. The Kier molecular flexibility index (Phi) is 8.82. The quantitative estimate of drug-likeness (QED) is 0.338. The molecule has 0 bridgehead atoms. The van der Waals surface area contributed by atoms with Crippen molar-refractivity contribution in [1.82, 2.24) is 5.43 Å². The summed E-state index contributed by atoms with van der Waals surface area (Å²) in [6, 6.07) is 12.8. The number of carbonyl (C=O) groups excluding carboxylic acids is 1. The van der Waals surface area contributed by atoms with Gasteiger partial charge in [0.05, 0.1) is 26.5 Å². The van der Waals surface area contributed by atoms with Crippen LogP contribution in [0.5, 0.6) is 17.2 Å². The van der Waals surface area contributed by atoms with Gasteiger partial charge in [-0.1, -0.05) is 38.1 Å². The minimum absolute atomic E-state index is 0.440. The highest BCUT2D eigenvalue weighted by Gasteiger charge is 2.11. The Morgan fingerprint density at radius 1 is 1.14 bits per heavy atom. The predicted octanol–water partition coefficient (Wildman–Crippen LogP) is 4.06. The number of hydrogen-bond donors (Lipinski definition) is 2. The second-order valence-corrected chi connectivity index (χ2v) is 6.51. The van der Waals surface area contributed by atoms with Gasteiger partial charge in [-0.25, -0.2) is 10.2 Å². The third-order valence-corrected chi connectivity index (χ3v) is 4.46. The topological polar surface area (TPSA) is 95.2 Å². The SMILES string of the molecule is CC[C@@H](C)c1ccccc1OCCCOc1c(/C=N\NC(N)=O)cccc1OC. The number of hydrazone groups is 1. The van der Waals surface area contributed by atoms with Crippen LogP contribution >= 0.6 is 0 Å². The summed E-state index contributed by atoms with van der Waals surface area (Å²) >= 11 is 0. The van der Waals surface area contributed by atoms with E-state index in [9.17, 15) is 4.79 Å². The fourth-order valence-corrected chi connectivity index (χ4v) is 2.77. The third-order valence-electron chi connectivity index (χ3n) is 4.46. The largest absolute Gasteiger partial charge is 0.493 e. The molecule has 2 rings (SSSR count). The lowest BCUT2D eigenvalue weighted by molar-refractivity contribution is 0.238. The molecule has 0 unspecified atom stereocenters. The number of carbonyl (C=O) groups is 1. The first-order valence-corrected chi connectivity index (χ1v) is 9.66. The number of nitrogens with two attached hydrogens (primary N) is 1. The Hall–Kier alpha value is -3.22. The van der Waals surface area contributed by atoms with Gasteiger partial charge >= 0.3 is 6.03 Å². The maximum absolute atomic E-state index is 10.8. The molecule has 2 amide bonds. The van der Waals surface area contributed by atoms with E-state index >= 15 is 0 Å². The minimum atomic E-state index is -0.735. The maximum Gasteiger partial charge on any atom is 0.332 e. The predicted molar refractivity (Wildman–Crippen MR) is 114 cm³/mol. The van der Waals surface area contributed by atoms with Crippen molar-refractivity contribution in [3.8, 4) is 17.2 Å². The lowest BCUT2D eigenvalue weighted by Gasteiger charge is -2.16. The van der Waals surface area contributed by atoms with Crippen molar-refractivity contribution in [2.75, 3.05) is 20.3 Å². The molecule has 0 aliphatic carbocycles. The highest BCUT2D eigenvalue weighted by atomic mass is 16.5. The second kappa shape index (κ2) is 11.6. The van der Waals surface area contributed by atoms with Crippen LogP contribution in [0.2, 0.25) is 0 Å². The minimum Gasteiger partial charge on any atom is -0.493 e. The van der Waals surface area contributed by atoms with Crippen molar-refractivity contribution >= 4 is 12.2 Å². The van der Waals surface area contributed by atoms with Gasteiger partial charge < -0.3 is 19.9 Å². The molecule has 0 aromatic heterocycles. The fourth-order valence-electron chi connectivity index (χ4n) is 2.77. The molecule has 0 radical (unpaired) electrons. The summed E-state index contributed by atoms with van der Waals surface area (Å²) in [4.78, 5) is 10.8. The van der Waals surface area contributed by atoms with Gasteiger partial charge in [0.2, 0.25) is 0 Å². The Morgan fingerprint density at radius 2 is 1.86 bits per heavy atom. The average molecular weight is 399 g/mol.